The van der Waals surface area contributed by atoms with Crippen LogP contribution in [0.2, 0.25) is 0 Å². The van der Waals surface area contributed by atoms with Crippen LogP contribution in [0.3, 0.4) is 0 Å². The Labute approximate surface area is 208 Å². The zero-order valence-corrected chi connectivity index (χ0v) is 19.5. The standard InChI is InChI=1S/C33H22N2O/c1-2-6-23(7-3-1)25-10-13-27(14-11-25)35(28-15-12-24-8-4-5-9-26(24)20-28)29-16-17-30-31-18-19-34-22-33(31)36-32(30)21-29/h1-22H. The van der Waals surface area contributed by atoms with Crippen LogP contribution in [0, 0.1) is 0 Å². The highest BCUT2D eigenvalue weighted by Gasteiger charge is 2.16. The first kappa shape index (κ1) is 20.5. The smallest absolute Gasteiger partial charge is 0.153 e. The third kappa shape index (κ3) is 3.50. The molecule has 7 rings (SSSR count). The molecule has 3 heteroatoms. The number of rotatable bonds is 4. The molecule has 0 unspecified atom stereocenters. The molecule has 0 N–H and O–H groups in total. The van der Waals surface area contributed by atoms with Crippen molar-refractivity contribution in [3.63, 3.8) is 0 Å². The fourth-order valence-corrected chi connectivity index (χ4v) is 4.96. The minimum atomic E-state index is 0.800. The maximum Gasteiger partial charge on any atom is 0.153 e. The van der Waals surface area contributed by atoms with E-state index in [0.29, 0.717) is 0 Å². The molecule has 0 saturated heterocycles. The first-order valence-electron chi connectivity index (χ1n) is 12.0. The summed E-state index contributed by atoms with van der Waals surface area (Å²) in [5.74, 6) is 0. The van der Waals surface area contributed by atoms with Gasteiger partial charge in [-0.15, -0.1) is 0 Å². The Bertz CT molecular complexity index is 1840. The average Bonchev–Trinajstić information content (AvgIpc) is 3.32. The number of pyridine rings is 1. The third-order valence-electron chi connectivity index (χ3n) is 6.74. The predicted molar refractivity (Wildman–Crippen MR) is 149 cm³/mol. The van der Waals surface area contributed by atoms with Crippen molar-refractivity contribution in [2.45, 2.75) is 0 Å². The lowest BCUT2D eigenvalue weighted by Crippen LogP contribution is -2.09. The van der Waals surface area contributed by atoms with E-state index in [1.165, 1.54) is 21.9 Å². The molecule has 0 aliphatic carbocycles. The van der Waals surface area contributed by atoms with Gasteiger partial charge in [0.1, 0.15) is 5.58 Å². The van der Waals surface area contributed by atoms with Crippen LogP contribution >= 0.6 is 0 Å². The van der Waals surface area contributed by atoms with Crippen molar-refractivity contribution in [2.75, 3.05) is 4.90 Å². The van der Waals surface area contributed by atoms with Crippen molar-refractivity contribution in [2.24, 2.45) is 0 Å². The number of anilines is 3. The Morgan fingerprint density at radius 1 is 0.500 bits per heavy atom. The largest absolute Gasteiger partial charge is 0.454 e. The summed E-state index contributed by atoms with van der Waals surface area (Å²) in [6.45, 7) is 0. The molecule has 0 spiro atoms. The maximum absolute atomic E-state index is 6.17. The Morgan fingerprint density at radius 3 is 2.03 bits per heavy atom. The Morgan fingerprint density at radius 2 is 1.17 bits per heavy atom. The normalized spacial score (nSPS) is 11.3. The quantitative estimate of drug-likeness (QED) is 0.261. The summed E-state index contributed by atoms with van der Waals surface area (Å²) >= 11 is 0. The summed E-state index contributed by atoms with van der Waals surface area (Å²) in [6, 6.07) is 42.7. The zero-order valence-electron chi connectivity index (χ0n) is 19.5. The van der Waals surface area contributed by atoms with Crippen LogP contribution in [0.1, 0.15) is 0 Å². The van der Waals surface area contributed by atoms with Gasteiger partial charge < -0.3 is 9.32 Å². The topological polar surface area (TPSA) is 29.3 Å². The first-order valence-corrected chi connectivity index (χ1v) is 12.0. The third-order valence-corrected chi connectivity index (χ3v) is 6.74. The highest BCUT2D eigenvalue weighted by Crippen LogP contribution is 2.39. The lowest BCUT2D eigenvalue weighted by molar-refractivity contribution is 0.667. The van der Waals surface area contributed by atoms with Crippen molar-refractivity contribution in [3.8, 4) is 11.1 Å². The molecule has 0 saturated carbocycles. The minimum absolute atomic E-state index is 0.800. The maximum atomic E-state index is 6.17. The lowest BCUT2D eigenvalue weighted by Gasteiger charge is -2.26. The lowest BCUT2D eigenvalue weighted by atomic mass is 10.0. The summed E-state index contributed by atoms with van der Waals surface area (Å²) in [7, 11) is 0. The average molecular weight is 463 g/mol. The van der Waals surface area contributed by atoms with E-state index in [-0.39, 0.29) is 0 Å². The molecule has 0 aliphatic heterocycles. The number of hydrogen-bond donors (Lipinski definition) is 0. The molecular formula is C33H22N2O. The minimum Gasteiger partial charge on any atom is -0.454 e. The Balaban J connectivity index is 1.39. The van der Waals surface area contributed by atoms with Crippen LogP contribution in [0.5, 0.6) is 0 Å². The molecule has 0 aliphatic rings. The second-order valence-corrected chi connectivity index (χ2v) is 8.93. The summed E-state index contributed by atoms with van der Waals surface area (Å²) in [6.07, 6.45) is 3.58. The van der Waals surface area contributed by atoms with Crippen molar-refractivity contribution in [3.05, 3.63) is 134 Å². The number of nitrogens with zero attached hydrogens (tertiary/aromatic N) is 2. The molecule has 170 valence electrons. The van der Waals surface area contributed by atoms with Crippen LogP contribution in [-0.4, -0.2) is 4.98 Å². The summed E-state index contributed by atoms with van der Waals surface area (Å²) in [4.78, 5) is 6.50. The van der Waals surface area contributed by atoms with Gasteiger partial charge in [0.2, 0.25) is 0 Å². The number of fused-ring (bicyclic) bond motifs is 4. The first-order chi connectivity index (χ1) is 17.8. The second-order valence-electron chi connectivity index (χ2n) is 8.93. The summed E-state index contributed by atoms with van der Waals surface area (Å²) in [5, 5.41) is 4.60. The molecule has 7 aromatic rings. The van der Waals surface area contributed by atoms with E-state index in [0.717, 1.165) is 39.0 Å². The number of furan rings is 1. The molecule has 0 bridgehead atoms. The summed E-state index contributed by atoms with van der Waals surface area (Å²) < 4.78 is 6.17. The molecule has 0 atom stereocenters. The zero-order chi connectivity index (χ0) is 23.9. The van der Waals surface area contributed by atoms with Crippen LogP contribution in [0.15, 0.2) is 138 Å². The van der Waals surface area contributed by atoms with E-state index in [4.69, 9.17) is 4.42 Å². The molecular weight excluding hydrogens is 440 g/mol. The molecule has 0 amide bonds. The Kier molecular flexibility index (Phi) is 4.78. The molecule has 3 nitrogen and oxygen atoms in total. The van der Waals surface area contributed by atoms with E-state index in [2.05, 4.69) is 119 Å². The van der Waals surface area contributed by atoms with E-state index >= 15 is 0 Å². The second kappa shape index (κ2) is 8.40. The summed E-state index contributed by atoms with van der Waals surface area (Å²) in [5.41, 5.74) is 7.27. The number of benzene rings is 5. The molecule has 36 heavy (non-hydrogen) atoms. The van der Waals surface area contributed by atoms with Gasteiger partial charge in [0, 0.05) is 40.1 Å². The highest BCUT2D eigenvalue weighted by molar-refractivity contribution is 6.06. The molecule has 0 fully saturated rings. The molecule has 0 radical (unpaired) electrons. The monoisotopic (exact) mass is 462 g/mol. The molecule has 2 aromatic heterocycles. The van der Waals surface area contributed by atoms with Gasteiger partial charge in [-0.1, -0.05) is 72.8 Å². The van der Waals surface area contributed by atoms with Gasteiger partial charge in [-0.2, -0.15) is 0 Å². The van der Waals surface area contributed by atoms with Crippen LogP contribution in [0.4, 0.5) is 17.1 Å². The molecule has 2 heterocycles. The van der Waals surface area contributed by atoms with Crippen LogP contribution in [0.25, 0.3) is 43.8 Å². The van der Waals surface area contributed by atoms with Gasteiger partial charge in [0.05, 0.1) is 6.20 Å². The molecule has 5 aromatic carbocycles. The van der Waals surface area contributed by atoms with Gasteiger partial charge in [0.25, 0.3) is 0 Å². The van der Waals surface area contributed by atoms with Crippen molar-refractivity contribution >= 4 is 49.8 Å². The number of aromatic nitrogens is 1. The fourth-order valence-electron chi connectivity index (χ4n) is 4.96. The van der Waals surface area contributed by atoms with Gasteiger partial charge in [0.15, 0.2) is 5.58 Å². The van der Waals surface area contributed by atoms with Gasteiger partial charge in [-0.25, -0.2) is 0 Å². The van der Waals surface area contributed by atoms with E-state index in [1.807, 2.05) is 12.1 Å². The Hall–Kier alpha value is -4.89. The van der Waals surface area contributed by atoms with Crippen molar-refractivity contribution in [1.29, 1.82) is 0 Å². The van der Waals surface area contributed by atoms with Crippen LogP contribution < -0.4 is 4.90 Å². The van der Waals surface area contributed by atoms with Gasteiger partial charge >= 0.3 is 0 Å². The SMILES string of the molecule is c1ccc(-c2ccc(N(c3ccc4ccccc4c3)c3ccc4c(c3)oc3cnccc34)cc2)cc1. The van der Waals surface area contributed by atoms with Crippen molar-refractivity contribution < 1.29 is 4.42 Å². The van der Waals surface area contributed by atoms with Gasteiger partial charge in [-0.3, -0.25) is 4.98 Å². The van der Waals surface area contributed by atoms with Crippen LogP contribution in [-0.2, 0) is 0 Å². The van der Waals surface area contributed by atoms with Gasteiger partial charge in [-0.05, 0) is 64.4 Å². The van der Waals surface area contributed by atoms with E-state index in [1.54, 1.807) is 12.4 Å². The van der Waals surface area contributed by atoms with E-state index in [9.17, 15) is 0 Å². The predicted octanol–water partition coefficient (Wildman–Crippen LogP) is 9.27. The van der Waals surface area contributed by atoms with E-state index < -0.39 is 0 Å². The highest BCUT2D eigenvalue weighted by atomic mass is 16.3. The van der Waals surface area contributed by atoms with Crippen molar-refractivity contribution in [1.82, 2.24) is 4.98 Å². The number of hydrogen-bond acceptors (Lipinski definition) is 3. The fraction of sp³-hybridized carbons (Fsp3) is 0.